The first-order valence-corrected chi connectivity index (χ1v) is 10.3. The SMILES string of the molecule is O=C(O)CC(NC(=O)c1csc(-c2cccc(Cl)c2Cl)n1)c1ccccc1C(F)(F)F. The molecule has 0 fully saturated rings. The normalized spacial score (nSPS) is 12.4. The van der Waals surface area contributed by atoms with Crippen LogP contribution in [0.5, 0.6) is 0 Å². The first-order valence-electron chi connectivity index (χ1n) is 8.66. The third-order valence-electron chi connectivity index (χ3n) is 4.24. The van der Waals surface area contributed by atoms with E-state index in [0.717, 1.165) is 23.5 Å². The molecule has 0 aliphatic rings. The lowest BCUT2D eigenvalue weighted by Crippen LogP contribution is -2.32. The summed E-state index contributed by atoms with van der Waals surface area (Å²) in [6.07, 6.45) is -5.45. The van der Waals surface area contributed by atoms with Gasteiger partial charge in [0.05, 0.1) is 28.1 Å². The minimum absolute atomic E-state index is 0.0871. The highest BCUT2D eigenvalue weighted by Gasteiger charge is 2.36. The predicted octanol–water partition coefficient (Wildman–Crippen LogP) is 6.08. The third kappa shape index (κ3) is 5.36. The Morgan fingerprint density at radius 1 is 1.13 bits per heavy atom. The maximum absolute atomic E-state index is 13.4. The fourth-order valence-electron chi connectivity index (χ4n) is 2.88. The fourth-order valence-corrected chi connectivity index (χ4v) is 4.15. The molecule has 1 aromatic heterocycles. The van der Waals surface area contributed by atoms with Crippen molar-refractivity contribution in [3.63, 3.8) is 0 Å². The van der Waals surface area contributed by atoms with Gasteiger partial charge in [0.15, 0.2) is 0 Å². The van der Waals surface area contributed by atoms with Gasteiger partial charge in [0.2, 0.25) is 0 Å². The molecule has 1 unspecified atom stereocenters. The average Bonchev–Trinajstić information content (AvgIpc) is 3.18. The summed E-state index contributed by atoms with van der Waals surface area (Å²) in [5.41, 5.74) is -0.969. The van der Waals surface area contributed by atoms with Gasteiger partial charge in [0.25, 0.3) is 5.91 Å². The summed E-state index contributed by atoms with van der Waals surface area (Å²) >= 11 is 13.2. The maximum atomic E-state index is 13.4. The van der Waals surface area contributed by atoms with Gasteiger partial charge in [-0.05, 0) is 17.7 Å². The molecule has 3 aromatic rings. The van der Waals surface area contributed by atoms with Crippen molar-refractivity contribution in [2.75, 3.05) is 0 Å². The van der Waals surface area contributed by atoms with Crippen molar-refractivity contribution >= 4 is 46.4 Å². The zero-order valence-electron chi connectivity index (χ0n) is 15.4. The molecule has 1 amide bonds. The molecule has 11 heteroatoms. The van der Waals surface area contributed by atoms with Crippen LogP contribution in [0.3, 0.4) is 0 Å². The van der Waals surface area contributed by atoms with Gasteiger partial charge < -0.3 is 10.4 Å². The second-order valence-corrected chi connectivity index (χ2v) is 7.99. The number of carboxylic acid groups (broad SMARTS) is 1. The number of amides is 1. The van der Waals surface area contributed by atoms with Gasteiger partial charge in [-0.2, -0.15) is 13.2 Å². The number of carbonyl (C=O) groups is 2. The molecule has 0 aliphatic carbocycles. The summed E-state index contributed by atoms with van der Waals surface area (Å²) in [6.45, 7) is 0. The van der Waals surface area contributed by atoms with Crippen LogP contribution in [-0.4, -0.2) is 22.0 Å². The summed E-state index contributed by atoms with van der Waals surface area (Å²) in [5.74, 6) is -2.18. The summed E-state index contributed by atoms with van der Waals surface area (Å²) in [7, 11) is 0. The van der Waals surface area contributed by atoms with Gasteiger partial charge in [-0.1, -0.05) is 53.5 Å². The molecule has 31 heavy (non-hydrogen) atoms. The number of nitrogens with zero attached hydrogens (tertiary/aromatic N) is 1. The molecule has 3 rings (SSSR count). The van der Waals surface area contributed by atoms with E-state index in [-0.39, 0.29) is 16.3 Å². The van der Waals surface area contributed by atoms with Crippen molar-refractivity contribution in [1.29, 1.82) is 0 Å². The molecule has 2 aromatic carbocycles. The highest BCUT2D eigenvalue weighted by Crippen LogP contribution is 2.37. The smallest absolute Gasteiger partial charge is 0.416 e. The van der Waals surface area contributed by atoms with E-state index in [0.29, 0.717) is 15.6 Å². The minimum Gasteiger partial charge on any atom is -0.481 e. The fraction of sp³-hybridized carbons (Fsp3) is 0.150. The number of aromatic nitrogens is 1. The molecule has 0 bridgehead atoms. The number of nitrogens with one attached hydrogen (secondary N) is 1. The van der Waals surface area contributed by atoms with Crippen molar-refractivity contribution in [2.24, 2.45) is 0 Å². The number of aliphatic carboxylic acids is 1. The number of carbonyl (C=O) groups excluding carboxylic acids is 1. The van der Waals surface area contributed by atoms with Crippen LogP contribution in [0.25, 0.3) is 10.6 Å². The van der Waals surface area contributed by atoms with Gasteiger partial charge in [-0.25, -0.2) is 4.98 Å². The Hall–Kier alpha value is -2.62. The Morgan fingerprint density at radius 3 is 2.52 bits per heavy atom. The molecule has 0 spiro atoms. The van der Waals surface area contributed by atoms with Crippen LogP contribution in [0.1, 0.15) is 34.1 Å². The number of benzene rings is 2. The molecule has 5 nitrogen and oxygen atoms in total. The monoisotopic (exact) mass is 488 g/mol. The van der Waals surface area contributed by atoms with Crippen molar-refractivity contribution in [1.82, 2.24) is 10.3 Å². The highest BCUT2D eigenvalue weighted by atomic mass is 35.5. The lowest BCUT2D eigenvalue weighted by molar-refractivity contribution is -0.140. The Labute approximate surface area is 188 Å². The zero-order valence-corrected chi connectivity index (χ0v) is 17.7. The van der Waals surface area contributed by atoms with E-state index >= 15 is 0 Å². The largest absolute Gasteiger partial charge is 0.481 e. The van der Waals surface area contributed by atoms with Gasteiger partial charge >= 0.3 is 12.1 Å². The molecule has 0 saturated carbocycles. The molecular formula is C20H13Cl2F3N2O3S. The number of hydrogen-bond donors (Lipinski definition) is 2. The van der Waals surface area contributed by atoms with Crippen molar-refractivity contribution < 1.29 is 27.9 Å². The summed E-state index contributed by atoms with van der Waals surface area (Å²) in [6, 6.07) is 7.98. The standard InChI is InChI=1S/C20H13Cl2F3N2O3S/c21-13-7-3-5-11(17(13)22)19-27-15(9-31-19)18(30)26-14(8-16(28)29)10-4-1-2-6-12(10)20(23,24)25/h1-7,9,14H,8H2,(H,26,30)(H,28,29). The van der Waals surface area contributed by atoms with Crippen LogP contribution < -0.4 is 5.32 Å². The Bertz CT molecular complexity index is 1130. The van der Waals surface area contributed by atoms with E-state index in [4.69, 9.17) is 28.3 Å². The van der Waals surface area contributed by atoms with Gasteiger partial charge in [-0.15, -0.1) is 11.3 Å². The second kappa shape index (κ2) is 9.25. The van der Waals surface area contributed by atoms with E-state index < -0.39 is 36.1 Å². The van der Waals surface area contributed by atoms with Crippen LogP contribution in [0.15, 0.2) is 47.8 Å². The first-order chi connectivity index (χ1) is 14.6. The number of carboxylic acids is 1. The lowest BCUT2D eigenvalue weighted by atomic mass is 9.97. The summed E-state index contributed by atoms with van der Waals surface area (Å²) in [5, 5.41) is 13.8. The highest BCUT2D eigenvalue weighted by molar-refractivity contribution is 7.13. The van der Waals surface area contributed by atoms with E-state index in [9.17, 15) is 22.8 Å². The van der Waals surface area contributed by atoms with E-state index in [2.05, 4.69) is 10.3 Å². The molecule has 2 N–H and O–H groups in total. The number of halogens is 5. The minimum atomic E-state index is -4.71. The van der Waals surface area contributed by atoms with Crippen molar-refractivity contribution in [3.8, 4) is 10.6 Å². The number of hydrogen-bond acceptors (Lipinski definition) is 4. The van der Waals surface area contributed by atoms with Crippen molar-refractivity contribution in [2.45, 2.75) is 18.6 Å². The van der Waals surface area contributed by atoms with Gasteiger partial charge in [0.1, 0.15) is 10.7 Å². The quantitative estimate of drug-likeness (QED) is 0.440. The first kappa shape index (κ1) is 23.1. The molecule has 0 saturated heterocycles. The molecule has 1 atom stereocenters. The van der Waals surface area contributed by atoms with Crippen LogP contribution in [0, 0.1) is 0 Å². The second-order valence-electron chi connectivity index (χ2n) is 6.35. The van der Waals surface area contributed by atoms with Gasteiger partial charge in [0, 0.05) is 10.9 Å². The molecule has 1 heterocycles. The van der Waals surface area contributed by atoms with E-state index in [1.807, 2.05) is 0 Å². The zero-order chi connectivity index (χ0) is 22.8. The molecule has 0 radical (unpaired) electrons. The summed E-state index contributed by atoms with van der Waals surface area (Å²) < 4.78 is 40.1. The Morgan fingerprint density at radius 2 is 1.84 bits per heavy atom. The van der Waals surface area contributed by atoms with Crippen LogP contribution >= 0.6 is 34.5 Å². The molecule has 0 aliphatic heterocycles. The number of thiazole rings is 1. The lowest BCUT2D eigenvalue weighted by Gasteiger charge is -2.21. The van der Waals surface area contributed by atoms with Crippen molar-refractivity contribution in [3.05, 3.63) is 74.7 Å². The van der Waals surface area contributed by atoms with Crippen LogP contribution in [0.2, 0.25) is 10.0 Å². The van der Waals surface area contributed by atoms with Crippen LogP contribution in [-0.2, 0) is 11.0 Å². The Balaban J connectivity index is 1.91. The number of alkyl halides is 3. The van der Waals surface area contributed by atoms with E-state index in [1.54, 1.807) is 18.2 Å². The molecular weight excluding hydrogens is 476 g/mol. The predicted molar refractivity (Wildman–Crippen MR) is 111 cm³/mol. The number of rotatable bonds is 6. The van der Waals surface area contributed by atoms with Crippen LogP contribution in [0.4, 0.5) is 13.2 Å². The van der Waals surface area contributed by atoms with E-state index in [1.165, 1.54) is 17.5 Å². The van der Waals surface area contributed by atoms with Gasteiger partial charge in [-0.3, -0.25) is 9.59 Å². The maximum Gasteiger partial charge on any atom is 0.416 e. The summed E-state index contributed by atoms with van der Waals surface area (Å²) in [4.78, 5) is 28.1. The topological polar surface area (TPSA) is 79.3 Å². The Kier molecular flexibility index (Phi) is 6.88. The molecule has 162 valence electrons. The average molecular weight is 489 g/mol. The third-order valence-corrected chi connectivity index (χ3v) is 5.94.